The molecule has 30 heavy (non-hydrogen) atoms. The lowest BCUT2D eigenvalue weighted by atomic mass is 10.0. The smallest absolute Gasteiger partial charge is 0.321 e. The molecule has 2 unspecified atom stereocenters. The Morgan fingerprint density at radius 3 is 0.900 bits per heavy atom. The highest BCUT2D eigenvalue weighted by atomic mass is 16.4. The third-order valence-corrected chi connectivity index (χ3v) is 4.45. The van der Waals surface area contributed by atoms with Crippen LogP contribution in [-0.2, 0) is 19.2 Å². The zero-order valence-electron chi connectivity index (χ0n) is 19.2. The SMILES string of the molecule is CC(C)C(C(=O)O)N(CC(=O)O)C(C)C.CC(C)C(C(=O)O)N(CC(=O)O)C(C)C. The predicted octanol–water partition coefficient (Wildman–Crippen LogP) is 1.78. The summed E-state index contributed by atoms with van der Waals surface area (Å²) in [5.74, 6) is -4.19. The largest absolute Gasteiger partial charge is 0.480 e. The topological polar surface area (TPSA) is 156 Å². The summed E-state index contributed by atoms with van der Waals surface area (Å²) in [6, 6.07) is -1.71. The zero-order valence-corrected chi connectivity index (χ0v) is 19.2. The first-order chi connectivity index (χ1) is 13.5. The van der Waals surface area contributed by atoms with Crippen LogP contribution in [0.5, 0.6) is 0 Å². The van der Waals surface area contributed by atoms with Crippen molar-refractivity contribution in [2.24, 2.45) is 11.8 Å². The molecule has 0 aromatic rings. The Kier molecular flexibility index (Phi) is 13.9. The first-order valence-electron chi connectivity index (χ1n) is 9.95. The Bertz CT molecular complexity index is 525. The first-order valence-corrected chi connectivity index (χ1v) is 9.95. The fraction of sp³-hybridized carbons (Fsp3) is 0.800. The molecule has 0 rings (SSSR count). The van der Waals surface area contributed by atoms with E-state index in [1.165, 1.54) is 9.80 Å². The van der Waals surface area contributed by atoms with Gasteiger partial charge in [-0.2, -0.15) is 0 Å². The number of hydrogen-bond acceptors (Lipinski definition) is 6. The standard InChI is InChI=1S/2C10H19NO4/c2*1-6(2)9(10(14)15)11(7(3)4)5-8(12)13/h2*6-7,9H,5H2,1-4H3,(H,12,13)(H,14,15). The lowest BCUT2D eigenvalue weighted by Gasteiger charge is -2.33. The minimum absolute atomic E-state index is 0.107. The van der Waals surface area contributed by atoms with Crippen molar-refractivity contribution in [3.8, 4) is 0 Å². The number of carboxylic acid groups (broad SMARTS) is 4. The van der Waals surface area contributed by atoms with Crippen molar-refractivity contribution in [2.45, 2.75) is 79.6 Å². The molecule has 0 heterocycles. The molecule has 0 aliphatic rings. The molecule has 0 amide bonds. The first kappa shape index (κ1) is 30.0. The van der Waals surface area contributed by atoms with E-state index < -0.39 is 36.0 Å². The lowest BCUT2D eigenvalue weighted by molar-refractivity contribution is -0.151. The van der Waals surface area contributed by atoms with Gasteiger partial charge in [-0.15, -0.1) is 0 Å². The monoisotopic (exact) mass is 434 g/mol. The molecule has 0 saturated heterocycles. The van der Waals surface area contributed by atoms with Crippen molar-refractivity contribution in [1.29, 1.82) is 0 Å². The third kappa shape index (κ3) is 11.1. The highest BCUT2D eigenvalue weighted by Gasteiger charge is 2.32. The Hall–Kier alpha value is -2.20. The summed E-state index contributed by atoms with van der Waals surface area (Å²) in [6.07, 6.45) is 0. The van der Waals surface area contributed by atoms with E-state index >= 15 is 0 Å². The molecule has 0 fully saturated rings. The van der Waals surface area contributed by atoms with Crippen LogP contribution in [0.2, 0.25) is 0 Å². The van der Waals surface area contributed by atoms with Gasteiger partial charge in [-0.1, -0.05) is 27.7 Å². The second kappa shape index (κ2) is 13.9. The van der Waals surface area contributed by atoms with Gasteiger partial charge in [-0.3, -0.25) is 29.0 Å². The van der Waals surface area contributed by atoms with Crippen molar-refractivity contribution in [2.75, 3.05) is 13.1 Å². The number of rotatable bonds is 12. The van der Waals surface area contributed by atoms with Crippen molar-refractivity contribution in [3.05, 3.63) is 0 Å². The van der Waals surface area contributed by atoms with Crippen LogP contribution in [0, 0.1) is 11.8 Å². The Morgan fingerprint density at radius 2 is 0.800 bits per heavy atom. The van der Waals surface area contributed by atoms with Crippen LogP contribution in [0.1, 0.15) is 55.4 Å². The molecule has 0 aliphatic carbocycles. The van der Waals surface area contributed by atoms with Gasteiger partial charge in [0.2, 0.25) is 0 Å². The van der Waals surface area contributed by atoms with Gasteiger partial charge in [0.25, 0.3) is 0 Å². The van der Waals surface area contributed by atoms with E-state index in [0.29, 0.717) is 0 Å². The van der Waals surface area contributed by atoms with Crippen molar-refractivity contribution in [1.82, 2.24) is 9.80 Å². The Morgan fingerprint density at radius 1 is 0.567 bits per heavy atom. The van der Waals surface area contributed by atoms with Gasteiger partial charge in [0.1, 0.15) is 12.1 Å². The van der Waals surface area contributed by atoms with Gasteiger partial charge < -0.3 is 20.4 Å². The molecule has 10 nitrogen and oxygen atoms in total. The molecule has 0 aromatic carbocycles. The van der Waals surface area contributed by atoms with Crippen molar-refractivity contribution < 1.29 is 39.6 Å². The average Bonchev–Trinajstić information content (AvgIpc) is 2.51. The van der Waals surface area contributed by atoms with Crippen LogP contribution < -0.4 is 0 Å². The summed E-state index contributed by atoms with van der Waals surface area (Å²) in [7, 11) is 0. The van der Waals surface area contributed by atoms with E-state index in [-0.39, 0.29) is 37.0 Å². The molecule has 10 heteroatoms. The molecule has 2 atom stereocenters. The van der Waals surface area contributed by atoms with E-state index in [1.54, 1.807) is 55.4 Å². The summed E-state index contributed by atoms with van der Waals surface area (Å²) in [6.45, 7) is 13.8. The van der Waals surface area contributed by atoms with Crippen LogP contribution >= 0.6 is 0 Å². The minimum atomic E-state index is -1.00. The predicted molar refractivity (Wildman–Crippen MR) is 111 cm³/mol. The molecule has 176 valence electrons. The van der Waals surface area contributed by atoms with Crippen LogP contribution in [0.3, 0.4) is 0 Å². The quantitative estimate of drug-likeness (QED) is 0.357. The highest BCUT2D eigenvalue weighted by Crippen LogP contribution is 2.15. The normalized spacial score (nSPS) is 13.5. The molecular weight excluding hydrogens is 396 g/mol. The minimum Gasteiger partial charge on any atom is -0.480 e. The number of carbonyl (C=O) groups is 4. The fourth-order valence-electron chi connectivity index (χ4n) is 3.14. The molecule has 4 N–H and O–H groups in total. The van der Waals surface area contributed by atoms with Gasteiger partial charge >= 0.3 is 23.9 Å². The number of hydrogen-bond donors (Lipinski definition) is 4. The van der Waals surface area contributed by atoms with E-state index in [4.69, 9.17) is 20.4 Å². The summed E-state index contributed by atoms with van der Waals surface area (Å²) in [5.41, 5.74) is 0. The van der Waals surface area contributed by atoms with Crippen LogP contribution in [0.25, 0.3) is 0 Å². The van der Waals surface area contributed by atoms with Gasteiger partial charge in [0.05, 0.1) is 13.1 Å². The number of nitrogens with zero attached hydrogens (tertiary/aromatic N) is 2. The fourth-order valence-corrected chi connectivity index (χ4v) is 3.14. The summed E-state index contributed by atoms with van der Waals surface area (Å²) < 4.78 is 0. The second-order valence-electron chi connectivity index (χ2n) is 8.37. The lowest BCUT2D eigenvalue weighted by Crippen LogP contribution is -2.50. The number of carboxylic acids is 4. The van der Waals surface area contributed by atoms with Gasteiger partial charge in [-0.25, -0.2) is 0 Å². The Labute approximate surface area is 178 Å². The van der Waals surface area contributed by atoms with Gasteiger partial charge in [0.15, 0.2) is 0 Å². The van der Waals surface area contributed by atoms with Crippen LogP contribution in [0.4, 0.5) is 0 Å². The van der Waals surface area contributed by atoms with Gasteiger partial charge in [0, 0.05) is 12.1 Å². The second-order valence-corrected chi connectivity index (χ2v) is 8.37. The zero-order chi connectivity index (χ0) is 24.3. The molecule has 0 bridgehead atoms. The van der Waals surface area contributed by atoms with E-state index in [2.05, 4.69) is 0 Å². The third-order valence-electron chi connectivity index (χ3n) is 4.45. The Balaban J connectivity index is 0. The van der Waals surface area contributed by atoms with Crippen molar-refractivity contribution in [3.63, 3.8) is 0 Å². The molecule has 0 aromatic heterocycles. The molecular formula is C20H38N2O8. The maximum atomic E-state index is 11.0. The van der Waals surface area contributed by atoms with E-state index in [9.17, 15) is 19.2 Å². The number of aliphatic carboxylic acids is 4. The average molecular weight is 435 g/mol. The maximum absolute atomic E-state index is 11.0. The van der Waals surface area contributed by atoms with E-state index in [0.717, 1.165) is 0 Å². The molecule has 0 aliphatic heterocycles. The summed E-state index contributed by atoms with van der Waals surface area (Å²) >= 11 is 0. The van der Waals surface area contributed by atoms with Crippen LogP contribution in [0.15, 0.2) is 0 Å². The molecule has 0 saturated carbocycles. The molecule has 0 spiro atoms. The molecule has 0 radical (unpaired) electrons. The summed E-state index contributed by atoms with van der Waals surface area (Å²) in [5, 5.41) is 35.5. The van der Waals surface area contributed by atoms with Crippen LogP contribution in [-0.4, -0.2) is 91.4 Å². The van der Waals surface area contributed by atoms with Gasteiger partial charge in [-0.05, 0) is 39.5 Å². The maximum Gasteiger partial charge on any atom is 0.321 e. The summed E-state index contributed by atoms with van der Waals surface area (Å²) in [4.78, 5) is 46.3. The highest BCUT2D eigenvalue weighted by molar-refractivity contribution is 5.76. The van der Waals surface area contributed by atoms with E-state index in [1.807, 2.05) is 0 Å². The van der Waals surface area contributed by atoms with Crippen molar-refractivity contribution >= 4 is 23.9 Å².